The molecule has 1 aliphatic rings. The molecule has 172 valence electrons. The Hall–Kier alpha value is -2.44. The molecule has 1 fully saturated rings. The number of piperidine rings is 1. The van der Waals surface area contributed by atoms with Crippen molar-refractivity contribution in [2.75, 3.05) is 40.8 Å². The van der Waals surface area contributed by atoms with Crippen LogP contribution >= 0.6 is 11.6 Å². The van der Waals surface area contributed by atoms with Crippen LogP contribution in [0.4, 0.5) is 4.39 Å². The van der Waals surface area contributed by atoms with Crippen molar-refractivity contribution in [1.82, 2.24) is 14.7 Å². The number of likely N-dealkylation sites (N-methyl/N-ethyl adjacent to an activating group) is 2. The third-order valence-electron chi connectivity index (χ3n) is 6.14. The summed E-state index contributed by atoms with van der Waals surface area (Å²) in [4.78, 5) is 31.3. The first-order valence-electron chi connectivity index (χ1n) is 10.9. The highest BCUT2D eigenvalue weighted by Gasteiger charge is 2.33. The Balaban J connectivity index is 1.71. The Morgan fingerprint density at radius 3 is 2.34 bits per heavy atom. The molecule has 0 spiro atoms. The molecular formula is C25H31ClFN3O2. The summed E-state index contributed by atoms with van der Waals surface area (Å²) < 4.78 is 13.4. The molecule has 1 heterocycles. The first-order valence-corrected chi connectivity index (χ1v) is 11.3. The SMILES string of the molecule is CN(C)CC(=O)N(C)C(Cc1ccc(F)cc1)C1CCN(C(=O)c2cccc(Cl)c2)CC1. The monoisotopic (exact) mass is 459 g/mol. The number of halogens is 2. The van der Waals surface area contributed by atoms with Gasteiger partial charge in [0.2, 0.25) is 5.91 Å². The molecular weight excluding hydrogens is 429 g/mol. The van der Waals surface area contributed by atoms with Gasteiger partial charge < -0.3 is 14.7 Å². The van der Waals surface area contributed by atoms with Gasteiger partial charge in [-0.3, -0.25) is 9.59 Å². The fraction of sp³-hybridized carbons (Fsp3) is 0.440. The Labute approximate surface area is 194 Å². The quantitative estimate of drug-likeness (QED) is 0.629. The molecule has 1 saturated heterocycles. The summed E-state index contributed by atoms with van der Waals surface area (Å²) in [6.45, 7) is 1.60. The smallest absolute Gasteiger partial charge is 0.253 e. The first-order chi connectivity index (χ1) is 15.2. The maximum absolute atomic E-state index is 13.4. The molecule has 0 bridgehead atoms. The zero-order valence-electron chi connectivity index (χ0n) is 18.9. The van der Waals surface area contributed by atoms with Crippen LogP contribution in [0.25, 0.3) is 0 Å². The number of nitrogens with zero attached hydrogens (tertiary/aromatic N) is 3. The van der Waals surface area contributed by atoms with Crippen molar-refractivity contribution in [2.24, 2.45) is 5.92 Å². The Morgan fingerprint density at radius 2 is 1.75 bits per heavy atom. The van der Waals surface area contributed by atoms with Gasteiger partial charge in [-0.05, 0) is 75.2 Å². The number of benzene rings is 2. The van der Waals surface area contributed by atoms with Crippen LogP contribution in [0, 0.1) is 11.7 Å². The number of hydrogen-bond acceptors (Lipinski definition) is 3. The molecule has 0 saturated carbocycles. The Bertz CT molecular complexity index is 927. The molecule has 2 aromatic rings. The first kappa shape index (κ1) is 24.2. The predicted octanol–water partition coefficient (Wildman–Crippen LogP) is 3.96. The lowest BCUT2D eigenvalue weighted by Crippen LogP contribution is -2.50. The van der Waals surface area contributed by atoms with Crippen LogP contribution in [0.3, 0.4) is 0 Å². The van der Waals surface area contributed by atoms with Gasteiger partial charge in [-0.15, -0.1) is 0 Å². The van der Waals surface area contributed by atoms with E-state index in [1.165, 1.54) is 12.1 Å². The Morgan fingerprint density at radius 1 is 1.09 bits per heavy atom. The largest absolute Gasteiger partial charge is 0.341 e. The number of rotatable bonds is 7. The van der Waals surface area contributed by atoms with Crippen molar-refractivity contribution >= 4 is 23.4 Å². The van der Waals surface area contributed by atoms with Gasteiger partial charge in [-0.2, -0.15) is 0 Å². The van der Waals surface area contributed by atoms with E-state index in [1.54, 1.807) is 36.4 Å². The molecule has 1 atom stereocenters. The van der Waals surface area contributed by atoms with E-state index in [0.29, 0.717) is 36.6 Å². The van der Waals surface area contributed by atoms with Gasteiger partial charge in [-0.25, -0.2) is 4.39 Å². The summed E-state index contributed by atoms with van der Waals surface area (Å²) in [6, 6.07) is 13.5. The molecule has 0 aromatic heterocycles. The lowest BCUT2D eigenvalue weighted by molar-refractivity contribution is -0.134. The summed E-state index contributed by atoms with van der Waals surface area (Å²) in [5.41, 5.74) is 1.59. The average molecular weight is 460 g/mol. The fourth-order valence-corrected chi connectivity index (χ4v) is 4.53. The third kappa shape index (κ3) is 6.30. The topological polar surface area (TPSA) is 43.9 Å². The van der Waals surface area contributed by atoms with Crippen molar-refractivity contribution in [1.29, 1.82) is 0 Å². The van der Waals surface area contributed by atoms with Crippen molar-refractivity contribution in [3.05, 3.63) is 70.5 Å². The number of likely N-dealkylation sites (tertiary alicyclic amines) is 1. The van der Waals surface area contributed by atoms with E-state index < -0.39 is 0 Å². The molecule has 1 aliphatic heterocycles. The highest BCUT2D eigenvalue weighted by molar-refractivity contribution is 6.30. The summed E-state index contributed by atoms with van der Waals surface area (Å²) in [6.07, 6.45) is 2.26. The van der Waals surface area contributed by atoms with Crippen molar-refractivity contribution in [2.45, 2.75) is 25.3 Å². The van der Waals surface area contributed by atoms with Gasteiger partial charge in [0, 0.05) is 36.8 Å². The van der Waals surface area contributed by atoms with Gasteiger partial charge >= 0.3 is 0 Å². The molecule has 0 N–H and O–H groups in total. The van der Waals surface area contributed by atoms with Crippen molar-refractivity contribution in [3.63, 3.8) is 0 Å². The van der Waals surface area contributed by atoms with Crippen LogP contribution in [-0.4, -0.2) is 73.3 Å². The fourth-order valence-electron chi connectivity index (χ4n) is 4.34. The minimum absolute atomic E-state index is 0.0157. The van der Waals surface area contributed by atoms with Gasteiger partial charge in [0.05, 0.1) is 6.54 Å². The molecule has 1 unspecified atom stereocenters. The molecule has 2 amide bonds. The van der Waals surface area contributed by atoms with E-state index in [4.69, 9.17) is 11.6 Å². The van der Waals surface area contributed by atoms with E-state index in [-0.39, 0.29) is 29.6 Å². The van der Waals surface area contributed by atoms with E-state index >= 15 is 0 Å². The van der Waals surface area contributed by atoms with Gasteiger partial charge in [0.1, 0.15) is 5.82 Å². The van der Waals surface area contributed by atoms with Crippen LogP contribution in [0.15, 0.2) is 48.5 Å². The Kier molecular flexibility index (Phi) is 8.26. The maximum Gasteiger partial charge on any atom is 0.253 e. The van der Waals surface area contributed by atoms with Crippen LogP contribution in [0.1, 0.15) is 28.8 Å². The van der Waals surface area contributed by atoms with Gasteiger partial charge in [0.15, 0.2) is 0 Å². The molecule has 3 rings (SSSR count). The number of hydrogen-bond donors (Lipinski definition) is 0. The standard InChI is InChI=1S/C25H31ClFN3O2/c1-28(2)17-24(31)29(3)23(15-18-7-9-22(27)10-8-18)19-11-13-30(14-12-19)25(32)20-5-4-6-21(26)16-20/h4-10,16,19,23H,11-15,17H2,1-3H3. The van der Waals surface area contributed by atoms with Crippen molar-refractivity contribution in [3.8, 4) is 0 Å². The normalized spacial score (nSPS) is 15.6. The number of carbonyl (C=O) groups excluding carboxylic acids is 2. The highest BCUT2D eigenvalue weighted by Crippen LogP contribution is 2.28. The van der Waals surface area contributed by atoms with Crippen LogP contribution in [0.5, 0.6) is 0 Å². The van der Waals surface area contributed by atoms with Crippen LogP contribution in [0.2, 0.25) is 5.02 Å². The summed E-state index contributed by atoms with van der Waals surface area (Å²) >= 11 is 6.04. The number of amides is 2. The molecule has 0 aliphatic carbocycles. The number of carbonyl (C=O) groups is 2. The van der Waals surface area contributed by atoms with Crippen molar-refractivity contribution < 1.29 is 14.0 Å². The molecule has 5 nitrogen and oxygen atoms in total. The summed E-state index contributed by atoms with van der Waals surface area (Å²) in [7, 11) is 5.60. The van der Waals surface area contributed by atoms with E-state index in [1.807, 2.05) is 35.8 Å². The minimum atomic E-state index is -0.268. The molecule has 0 radical (unpaired) electrons. The van der Waals surface area contributed by atoms with Crippen LogP contribution < -0.4 is 0 Å². The zero-order valence-corrected chi connectivity index (χ0v) is 19.7. The lowest BCUT2D eigenvalue weighted by Gasteiger charge is -2.40. The molecule has 7 heteroatoms. The zero-order chi connectivity index (χ0) is 23.3. The third-order valence-corrected chi connectivity index (χ3v) is 6.38. The molecule has 2 aromatic carbocycles. The second-order valence-electron chi connectivity index (χ2n) is 8.78. The van der Waals surface area contributed by atoms with E-state index in [2.05, 4.69) is 0 Å². The highest BCUT2D eigenvalue weighted by atomic mass is 35.5. The summed E-state index contributed by atoms with van der Waals surface area (Å²) in [5, 5.41) is 0.547. The van der Waals surface area contributed by atoms with Crippen LogP contribution in [-0.2, 0) is 11.2 Å². The molecule has 32 heavy (non-hydrogen) atoms. The average Bonchev–Trinajstić information content (AvgIpc) is 2.77. The van der Waals surface area contributed by atoms with Gasteiger partial charge in [0.25, 0.3) is 5.91 Å². The van der Waals surface area contributed by atoms with E-state index in [0.717, 1.165) is 18.4 Å². The second-order valence-corrected chi connectivity index (χ2v) is 9.22. The second kappa shape index (κ2) is 10.9. The summed E-state index contributed by atoms with van der Waals surface area (Å²) in [5.74, 6) is 0.0207. The lowest BCUT2D eigenvalue weighted by atomic mass is 9.84. The van der Waals surface area contributed by atoms with Gasteiger partial charge in [-0.1, -0.05) is 29.8 Å². The minimum Gasteiger partial charge on any atom is -0.341 e. The van der Waals surface area contributed by atoms with E-state index in [9.17, 15) is 14.0 Å². The predicted molar refractivity (Wildman–Crippen MR) is 125 cm³/mol. The maximum atomic E-state index is 13.4.